The van der Waals surface area contributed by atoms with Crippen LogP contribution in [0.15, 0.2) is 57.9 Å². The van der Waals surface area contributed by atoms with Crippen LogP contribution in [0.2, 0.25) is 0 Å². The summed E-state index contributed by atoms with van der Waals surface area (Å²) in [5, 5.41) is 3.97. The molecule has 1 aromatic heterocycles. The predicted molar refractivity (Wildman–Crippen MR) is 111 cm³/mol. The Labute approximate surface area is 174 Å². The van der Waals surface area contributed by atoms with Gasteiger partial charge in [0.05, 0.1) is 25.2 Å². The lowest BCUT2D eigenvalue weighted by molar-refractivity contribution is 0.0730. The molecule has 1 aliphatic rings. The van der Waals surface area contributed by atoms with E-state index >= 15 is 0 Å². The average Bonchev–Trinajstić information content (AvgIpc) is 3.28. The van der Waals surface area contributed by atoms with Gasteiger partial charge in [-0.25, -0.2) is 8.42 Å². The monoisotopic (exact) mass is 427 g/mol. The van der Waals surface area contributed by atoms with Crippen LogP contribution in [-0.2, 0) is 14.8 Å². The maximum atomic E-state index is 12.7. The van der Waals surface area contributed by atoms with Gasteiger partial charge in [-0.1, -0.05) is 17.3 Å². The second-order valence-electron chi connectivity index (χ2n) is 6.60. The molecule has 0 bridgehead atoms. The first-order valence-electron chi connectivity index (χ1n) is 9.40. The molecular formula is C21H21N3O5S. The Hall–Kier alpha value is -3.01. The molecule has 1 fully saturated rings. The minimum absolute atomic E-state index is 0.233. The van der Waals surface area contributed by atoms with Crippen molar-refractivity contribution in [3.05, 3.63) is 60.0 Å². The van der Waals surface area contributed by atoms with E-state index in [2.05, 4.69) is 10.1 Å². The van der Waals surface area contributed by atoms with Crippen molar-refractivity contribution >= 4 is 22.2 Å². The Bertz CT molecular complexity index is 1120. The summed E-state index contributed by atoms with van der Waals surface area (Å²) in [6.07, 6.45) is 3.57. The van der Waals surface area contributed by atoms with Crippen LogP contribution in [0.1, 0.15) is 11.5 Å². The van der Waals surface area contributed by atoms with Crippen molar-refractivity contribution in [2.45, 2.75) is 4.90 Å². The van der Waals surface area contributed by atoms with Gasteiger partial charge in [-0.3, -0.25) is 0 Å². The molecule has 2 aromatic carbocycles. The maximum absolute atomic E-state index is 12.7. The molecule has 0 atom stereocenters. The Balaban J connectivity index is 1.47. The summed E-state index contributed by atoms with van der Waals surface area (Å²) in [7, 11) is -1.91. The van der Waals surface area contributed by atoms with E-state index in [-0.39, 0.29) is 4.90 Å². The summed E-state index contributed by atoms with van der Waals surface area (Å²) in [4.78, 5) is 4.58. The summed E-state index contributed by atoms with van der Waals surface area (Å²) in [6.45, 7) is 1.54. The van der Waals surface area contributed by atoms with Crippen molar-refractivity contribution in [3.8, 4) is 17.1 Å². The lowest BCUT2D eigenvalue weighted by atomic mass is 10.2. The second-order valence-corrected chi connectivity index (χ2v) is 8.54. The molecule has 1 saturated heterocycles. The number of aromatic nitrogens is 2. The Morgan fingerprint density at radius 3 is 2.37 bits per heavy atom. The number of hydrogen-bond acceptors (Lipinski definition) is 7. The standard InChI is InChI=1S/C21H21N3O5S/c1-27-18-7-2-16(3-8-18)4-11-20-22-21(23-29-20)17-5-9-19(10-6-17)30(25,26)24-12-14-28-15-13-24/h2-11H,12-15H2,1H3. The SMILES string of the molecule is COc1ccc(C=Cc2nc(-c3ccc(S(=O)(=O)N4CCOCC4)cc3)no2)cc1. The number of morpholine rings is 1. The van der Waals surface area contributed by atoms with E-state index in [1.807, 2.05) is 30.3 Å². The lowest BCUT2D eigenvalue weighted by Crippen LogP contribution is -2.40. The molecule has 0 aliphatic carbocycles. The molecule has 30 heavy (non-hydrogen) atoms. The number of nitrogens with zero attached hydrogens (tertiary/aromatic N) is 3. The van der Waals surface area contributed by atoms with Gasteiger partial charge >= 0.3 is 0 Å². The summed E-state index contributed by atoms with van der Waals surface area (Å²) in [5.41, 5.74) is 1.64. The Morgan fingerprint density at radius 1 is 1.00 bits per heavy atom. The largest absolute Gasteiger partial charge is 0.497 e. The van der Waals surface area contributed by atoms with E-state index < -0.39 is 10.0 Å². The van der Waals surface area contributed by atoms with Crippen molar-refractivity contribution in [1.29, 1.82) is 0 Å². The third kappa shape index (κ3) is 4.43. The van der Waals surface area contributed by atoms with Gasteiger partial charge < -0.3 is 14.0 Å². The van der Waals surface area contributed by atoms with Crippen LogP contribution in [0.4, 0.5) is 0 Å². The molecule has 0 N–H and O–H groups in total. The second kappa shape index (κ2) is 8.78. The van der Waals surface area contributed by atoms with Crippen molar-refractivity contribution < 1.29 is 22.4 Å². The first kappa shape index (κ1) is 20.3. The molecule has 0 amide bonds. The first-order chi connectivity index (χ1) is 14.6. The molecule has 0 spiro atoms. The van der Waals surface area contributed by atoms with Crippen molar-refractivity contribution in [3.63, 3.8) is 0 Å². The van der Waals surface area contributed by atoms with Gasteiger partial charge in [-0.05, 0) is 48.0 Å². The van der Waals surface area contributed by atoms with Crippen LogP contribution in [0.3, 0.4) is 0 Å². The quantitative estimate of drug-likeness (QED) is 0.597. The van der Waals surface area contributed by atoms with Crippen molar-refractivity contribution in [1.82, 2.24) is 14.4 Å². The number of hydrogen-bond donors (Lipinski definition) is 0. The fourth-order valence-corrected chi connectivity index (χ4v) is 4.42. The normalized spacial score (nSPS) is 15.5. The van der Waals surface area contributed by atoms with Gasteiger partial charge in [0, 0.05) is 24.7 Å². The van der Waals surface area contributed by atoms with Crippen molar-refractivity contribution in [2.24, 2.45) is 0 Å². The first-order valence-corrected chi connectivity index (χ1v) is 10.8. The smallest absolute Gasteiger partial charge is 0.250 e. The van der Waals surface area contributed by atoms with Gasteiger partial charge in [0.1, 0.15) is 5.75 Å². The predicted octanol–water partition coefficient (Wildman–Crippen LogP) is 2.94. The summed E-state index contributed by atoms with van der Waals surface area (Å²) < 4.78 is 42.5. The topological polar surface area (TPSA) is 94.8 Å². The van der Waals surface area contributed by atoms with Crippen LogP contribution in [0, 0.1) is 0 Å². The molecule has 3 aromatic rings. The Kier molecular flexibility index (Phi) is 5.93. The van der Waals surface area contributed by atoms with E-state index in [9.17, 15) is 8.42 Å². The van der Waals surface area contributed by atoms with Gasteiger partial charge in [0.2, 0.25) is 15.8 Å². The average molecular weight is 427 g/mol. The van der Waals surface area contributed by atoms with Crippen LogP contribution >= 0.6 is 0 Å². The van der Waals surface area contributed by atoms with Gasteiger partial charge in [-0.15, -0.1) is 0 Å². The third-order valence-electron chi connectivity index (χ3n) is 4.70. The van der Waals surface area contributed by atoms with E-state index in [0.717, 1.165) is 11.3 Å². The fourth-order valence-electron chi connectivity index (χ4n) is 3.01. The van der Waals surface area contributed by atoms with E-state index in [4.69, 9.17) is 14.0 Å². The number of sulfonamides is 1. The minimum atomic E-state index is -3.53. The van der Waals surface area contributed by atoms with Crippen LogP contribution in [0.25, 0.3) is 23.5 Å². The Morgan fingerprint density at radius 2 is 1.70 bits per heavy atom. The highest BCUT2D eigenvalue weighted by Gasteiger charge is 2.26. The summed E-state index contributed by atoms with van der Waals surface area (Å²) in [5.74, 6) is 1.52. The van der Waals surface area contributed by atoms with E-state index in [0.29, 0.717) is 43.6 Å². The van der Waals surface area contributed by atoms with Crippen LogP contribution < -0.4 is 4.74 Å². The molecular weight excluding hydrogens is 406 g/mol. The zero-order valence-corrected chi connectivity index (χ0v) is 17.2. The molecule has 0 saturated carbocycles. The zero-order chi connectivity index (χ0) is 21.0. The summed E-state index contributed by atoms with van der Waals surface area (Å²) in [6, 6.07) is 14.0. The van der Waals surface area contributed by atoms with E-state index in [1.165, 1.54) is 4.31 Å². The molecule has 156 valence electrons. The lowest BCUT2D eigenvalue weighted by Gasteiger charge is -2.26. The van der Waals surface area contributed by atoms with Gasteiger partial charge in [0.15, 0.2) is 0 Å². The van der Waals surface area contributed by atoms with Gasteiger partial charge in [0.25, 0.3) is 5.89 Å². The van der Waals surface area contributed by atoms with Gasteiger partial charge in [-0.2, -0.15) is 9.29 Å². The molecule has 4 rings (SSSR count). The van der Waals surface area contributed by atoms with Crippen molar-refractivity contribution in [2.75, 3.05) is 33.4 Å². The minimum Gasteiger partial charge on any atom is -0.497 e. The highest BCUT2D eigenvalue weighted by atomic mass is 32.2. The number of benzene rings is 2. The fraction of sp³-hybridized carbons (Fsp3) is 0.238. The highest BCUT2D eigenvalue weighted by molar-refractivity contribution is 7.89. The highest BCUT2D eigenvalue weighted by Crippen LogP contribution is 2.22. The molecule has 8 nitrogen and oxygen atoms in total. The number of methoxy groups -OCH3 is 1. The molecule has 0 radical (unpaired) electrons. The molecule has 0 unspecified atom stereocenters. The van der Waals surface area contributed by atoms with E-state index in [1.54, 1.807) is 37.5 Å². The maximum Gasteiger partial charge on any atom is 0.250 e. The summed E-state index contributed by atoms with van der Waals surface area (Å²) >= 11 is 0. The zero-order valence-electron chi connectivity index (χ0n) is 16.4. The molecule has 2 heterocycles. The third-order valence-corrected chi connectivity index (χ3v) is 6.61. The van der Waals surface area contributed by atoms with Crippen LogP contribution in [-0.4, -0.2) is 56.3 Å². The number of rotatable bonds is 6. The molecule has 1 aliphatic heterocycles. The molecule has 9 heteroatoms. The number of ether oxygens (including phenoxy) is 2. The van der Waals surface area contributed by atoms with Crippen LogP contribution in [0.5, 0.6) is 5.75 Å².